The van der Waals surface area contributed by atoms with Crippen LogP contribution in [0, 0.1) is 5.82 Å². The lowest BCUT2D eigenvalue weighted by Gasteiger charge is -2.30. The van der Waals surface area contributed by atoms with Gasteiger partial charge in [-0.1, -0.05) is 71.5 Å². The standard InChI is InChI=1S/C27H18ClFN2OS/c28-19-10-7-18(8-11-19)25-22-14-9-17-3-1-2-4-21(17)24(22)30-27-31(25)26(32)23(33-27)15-16-5-12-20(29)13-6-16/h1-8,10-13,15,25H,9,14H2/b23-15+/t25-/m0/s1. The molecular formula is C27H18ClFN2OS. The first-order valence-electron chi connectivity index (χ1n) is 10.7. The Labute approximate surface area is 198 Å². The van der Waals surface area contributed by atoms with Crippen molar-refractivity contribution in [1.82, 2.24) is 4.57 Å². The molecular weight excluding hydrogens is 455 g/mol. The first kappa shape index (κ1) is 20.3. The summed E-state index contributed by atoms with van der Waals surface area (Å²) in [5, 5.41) is 0.658. The largest absolute Gasteiger partial charge is 0.272 e. The molecule has 0 radical (unpaired) electrons. The highest BCUT2D eigenvalue weighted by Gasteiger charge is 2.32. The van der Waals surface area contributed by atoms with E-state index in [1.54, 1.807) is 22.8 Å². The van der Waals surface area contributed by atoms with Crippen LogP contribution in [0.15, 0.2) is 88.2 Å². The predicted octanol–water partition coefficient (Wildman–Crippen LogP) is 5.11. The van der Waals surface area contributed by atoms with Crippen LogP contribution in [0.25, 0.3) is 11.8 Å². The molecule has 2 aliphatic rings. The molecule has 3 aromatic carbocycles. The number of aryl methyl sites for hydroxylation is 1. The summed E-state index contributed by atoms with van der Waals surface area (Å²) in [4.78, 5) is 19.3. The molecule has 4 aromatic rings. The number of allylic oxidation sites excluding steroid dienone is 1. The van der Waals surface area contributed by atoms with E-state index in [1.165, 1.54) is 29.0 Å². The summed E-state index contributed by atoms with van der Waals surface area (Å²) in [5.41, 5.74) is 6.22. The van der Waals surface area contributed by atoms with E-state index in [-0.39, 0.29) is 17.4 Å². The normalized spacial score (nSPS) is 17.3. The highest BCUT2D eigenvalue weighted by Crippen LogP contribution is 2.41. The minimum Gasteiger partial charge on any atom is -0.272 e. The topological polar surface area (TPSA) is 34.4 Å². The van der Waals surface area contributed by atoms with Gasteiger partial charge in [0.25, 0.3) is 5.56 Å². The van der Waals surface area contributed by atoms with Crippen molar-refractivity contribution < 1.29 is 4.39 Å². The Morgan fingerprint density at radius 3 is 2.55 bits per heavy atom. The first-order chi connectivity index (χ1) is 16.1. The summed E-state index contributed by atoms with van der Waals surface area (Å²) >= 11 is 7.53. The lowest BCUT2D eigenvalue weighted by atomic mass is 9.83. The van der Waals surface area contributed by atoms with Crippen LogP contribution >= 0.6 is 22.9 Å². The van der Waals surface area contributed by atoms with Crippen molar-refractivity contribution >= 4 is 34.7 Å². The number of fused-ring (bicyclic) bond motifs is 3. The quantitative estimate of drug-likeness (QED) is 0.399. The van der Waals surface area contributed by atoms with Gasteiger partial charge in [0.05, 0.1) is 16.3 Å². The fourth-order valence-electron chi connectivity index (χ4n) is 4.68. The van der Waals surface area contributed by atoms with Crippen LogP contribution in [-0.2, 0) is 6.42 Å². The highest BCUT2D eigenvalue weighted by molar-refractivity contribution is 7.07. The Balaban J connectivity index is 1.62. The van der Waals surface area contributed by atoms with E-state index < -0.39 is 0 Å². The molecule has 1 aliphatic heterocycles. The van der Waals surface area contributed by atoms with E-state index >= 15 is 0 Å². The summed E-state index contributed by atoms with van der Waals surface area (Å²) in [6, 6.07) is 21.9. The number of aromatic nitrogens is 1. The van der Waals surface area contributed by atoms with Gasteiger partial charge in [-0.3, -0.25) is 9.36 Å². The van der Waals surface area contributed by atoms with Gasteiger partial charge in [-0.2, -0.15) is 0 Å². The van der Waals surface area contributed by atoms with Gasteiger partial charge < -0.3 is 0 Å². The Kier molecular flexibility index (Phi) is 4.89. The van der Waals surface area contributed by atoms with Crippen molar-refractivity contribution in [1.29, 1.82) is 0 Å². The number of thiazole rings is 1. The molecule has 1 aliphatic carbocycles. The average molecular weight is 473 g/mol. The van der Waals surface area contributed by atoms with E-state index in [0.717, 1.165) is 40.8 Å². The minimum absolute atomic E-state index is 0.0894. The molecule has 0 amide bonds. The SMILES string of the molecule is O=c1/c(=C\c2ccc(F)cc2)sc2n1[C@@H](c1ccc(Cl)cc1)C1=C(N=2)c2ccccc2CC1. The number of halogens is 2. The molecule has 0 N–H and O–H groups in total. The Morgan fingerprint density at radius 1 is 1.00 bits per heavy atom. The van der Waals surface area contributed by atoms with Crippen molar-refractivity contribution in [2.24, 2.45) is 4.99 Å². The zero-order valence-corrected chi connectivity index (χ0v) is 19.0. The summed E-state index contributed by atoms with van der Waals surface area (Å²) in [5.74, 6) is -0.303. The molecule has 162 valence electrons. The third kappa shape index (κ3) is 3.48. The summed E-state index contributed by atoms with van der Waals surface area (Å²) in [6.07, 6.45) is 3.55. The van der Waals surface area contributed by atoms with Crippen LogP contribution in [0.3, 0.4) is 0 Å². The molecule has 2 heterocycles. The van der Waals surface area contributed by atoms with Gasteiger partial charge >= 0.3 is 0 Å². The van der Waals surface area contributed by atoms with Gasteiger partial charge in [-0.05, 0) is 65.4 Å². The molecule has 0 unspecified atom stereocenters. The molecule has 33 heavy (non-hydrogen) atoms. The van der Waals surface area contributed by atoms with Gasteiger partial charge in [0, 0.05) is 10.6 Å². The molecule has 0 saturated carbocycles. The van der Waals surface area contributed by atoms with Crippen LogP contribution in [0.2, 0.25) is 5.02 Å². The van der Waals surface area contributed by atoms with Crippen molar-refractivity contribution in [3.63, 3.8) is 0 Å². The number of nitrogens with zero attached hydrogens (tertiary/aromatic N) is 2. The van der Waals surface area contributed by atoms with Gasteiger partial charge in [0.1, 0.15) is 5.82 Å². The van der Waals surface area contributed by atoms with Gasteiger partial charge in [0.15, 0.2) is 4.80 Å². The lowest BCUT2D eigenvalue weighted by molar-refractivity contribution is 0.585. The molecule has 6 heteroatoms. The molecule has 0 spiro atoms. The second kappa shape index (κ2) is 7.94. The molecule has 6 rings (SSSR count). The van der Waals surface area contributed by atoms with E-state index in [1.807, 2.05) is 30.3 Å². The highest BCUT2D eigenvalue weighted by atomic mass is 35.5. The van der Waals surface area contributed by atoms with Crippen molar-refractivity contribution in [2.45, 2.75) is 18.9 Å². The van der Waals surface area contributed by atoms with Crippen LogP contribution in [-0.4, -0.2) is 4.57 Å². The van der Waals surface area contributed by atoms with Crippen LogP contribution in [0.5, 0.6) is 0 Å². The minimum atomic E-state index is -0.303. The Bertz CT molecular complexity index is 1600. The van der Waals surface area contributed by atoms with Crippen LogP contribution in [0.1, 0.15) is 34.7 Å². The fraction of sp³-hybridized carbons (Fsp3) is 0.111. The Hall–Kier alpha value is -3.28. The third-order valence-electron chi connectivity index (χ3n) is 6.23. The molecule has 3 nitrogen and oxygen atoms in total. The van der Waals surface area contributed by atoms with Crippen molar-refractivity contribution in [2.75, 3.05) is 0 Å². The van der Waals surface area contributed by atoms with E-state index in [0.29, 0.717) is 14.4 Å². The monoisotopic (exact) mass is 472 g/mol. The maximum atomic E-state index is 13.6. The summed E-state index contributed by atoms with van der Waals surface area (Å²) < 4.78 is 15.7. The maximum absolute atomic E-state index is 13.6. The van der Waals surface area contributed by atoms with Crippen LogP contribution < -0.4 is 14.9 Å². The van der Waals surface area contributed by atoms with Gasteiger partial charge in [-0.15, -0.1) is 0 Å². The van der Waals surface area contributed by atoms with Crippen molar-refractivity contribution in [3.8, 4) is 0 Å². The molecule has 0 fully saturated rings. The molecule has 1 aromatic heterocycles. The van der Waals surface area contributed by atoms with E-state index in [2.05, 4.69) is 18.2 Å². The summed E-state index contributed by atoms with van der Waals surface area (Å²) in [7, 11) is 0. The van der Waals surface area contributed by atoms with Crippen LogP contribution in [0.4, 0.5) is 4.39 Å². The maximum Gasteiger partial charge on any atom is 0.271 e. The number of benzene rings is 3. The first-order valence-corrected chi connectivity index (χ1v) is 11.9. The summed E-state index contributed by atoms with van der Waals surface area (Å²) in [6.45, 7) is 0. The molecule has 1 atom stereocenters. The second-order valence-electron chi connectivity index (χ2n) is 8.22. The number of hydrogen-bond donors (Lipinski definition) is 0. The second-order valence-corrected chi connectivity index (χ2v) is 9.66. The molecule has 0 saturated heterocycles. The smallest absolute Gasteiger partial charge is 0.271 e. The fourth-order valence-corrected chi connectivity index (χ4v) is 5.80. The Morgan fingerprint density at radius 2 is 1.76 bits per heavy atom. The predicted molar refractivity (Wildman–Crippen MR) is 131 cm³/mol. The van der Waals surface area contributed by atoms with E-state index in [9.17, 15) is 9.18 Å². The van der Waals surface area contributed by atoms with Gasteiger partial charge in [-0.25, -0.2) is 9.38 Å². The number of hydrogen-bond acceptors (Lipinski definition) is 3. The van der Waals surface area contributed by atoms with Gasteiger partial charge in [0.2, 0.25) is 0 Å². The zero-order valence-electron chi connectivity index (χ0n) is 17.5. The average Bonchev–Trinajstić information content (AvgIpc) is 3.14. The van der Waals surface area contributed by atoms with E-state index in [4.69, 9.17) is 16.6 Å². The molecule has 0 bridgehead atoms. The third-order valence-corrected chi connectivity index (χ3v) is 7.46. The zero-order chi connectivity index (χ0) is 22.5. The lowest BCUT2D eigenvalue weighted by Crippen LogP contribution is -2.38. The van der Waals surface area contributed by atoms with Crippen molar-refractivity contribution in [3.05, 3.63) is 131 Å². The number of rotatable bonds is 2.